The van der Waals surface area contributed by atoms with Crippen molar-refractivity contribution < 1.29 is 14.0 Å². The molecule has 0 aliphatic carbocycles. The Labute approximate surface area is 126 Å². The van der Waals surface area contributed by atoms with Crippen molar-refractivity contribution in [2.75, 3.05) is 13.1 Å². The van der Waals surface area contributed by atoms with E-state index in [1.54, 1.807) is 0 Å². The molecule has 0 unspecified atom stereocenters. The highest BCUT2D eigenvalue weighted by Crippen LogP contribution is 2.15. The third-order valence-corrected chi connectivity index (χ3v) is 3.12. The van der Waals surface area contributed by atoms with E-state index in [1.807, 2.05) is 0 Å². The minimum atomic E-state index is -0.620. The first kappa shape index (κ1) is 16.6. The Kier molecular flexibility index (Phi) is 6.64. The Morgan fingerprint density at radius 3 is 2.65 bits per heavy atom. The summed E-state index contributed by atoms with van der Waals surface area (Å²) in [6.45, 7) is 4.52. The standard InChI is InChI=1S/C14H18BrFN2O2/c1-9(2)5-6-17-13(19)8-18-14(20)11-7-10(15)3-4-12(11)16/h3-4,7,9H,5-6,8H2,1-2H3,(H,17,19)(H,18,20). The Morgan fingerprint density at radius 1 is 1.30 bits per heavy atom. The molecule has 0 radical (unpaired) electrons. The summed E-state index contributed by atoms with van der Waals surface area (Å²) in [4.78, 5) is 23.2. The molecule has 4 nitrogen and oxygen atoms in total. The van der Waals surface area contributed by atoms with Crippen molar-refractivity contribution in [2.45, 2.75) is 20.3 Å². The molecular weight excluding hydrogens is 327 g/mol. The fourth-order valence-corrected chi connectivity index (χ4v) is 1.85. The molecule has 2 amide bonds. The fourth-order valence-electron chi connectivity index (χ4n) is 1.49. The van der Waals surface area contributed by atoms with Crippen molar-refractivity contribution in [2.24, 2.45) is 5.92 Å². The summed E-state index contributed by atoms with van der Waals surface area (Å²) >= 11 is 3.17. The third-order valence-electron chi connectivity index (χ3n) is 2.63. The Balaban J connectivity index is 2.43. The molecule has 0 saturated carbocycles. The molecule has 0 aliphatic heterocycles. The molecule has 0 heterocycles. The van der Waals surface area contributed by atoms with Crippen molar-refractivity contribution in [3.05, 3.63) is 34.1 Å². The fraction of sp³-hybridized carbons (Fsp3) is 0.429. The van der Waals surface area contributed by atoms with Crippen LogP contribution in [0.2, 0.25) is 0 Å². The Morgan fingerprint density at radius 2 is 2.00 bits per heavy atom. The monoisotopic (exact) mass is 344 g/mol. The van der Waals surface area contributed by atoms with Crippen LogP contribution < -0.4 is 10.6 Å². The van der Waals surface area contributed by atoms with E-state index in [-0.39, 0.29) is 18.0 Å². The Hall–Kier alpha value is -1.43. The molecule has 6 heteroatoms. The average molecular weight is 345 g/mol. The number of carbonyl (C=O) groups excluding carboxylic acids is 2. The van der Waals surface area contributed by atoms with Gasteiger partial charge in [-0.05, 0) is 30.5 Å². The van der Waals surface area contributed by atoms with Gasteiger partial charge >= 0.3 is 0 Å². The number of benzene rings is 1. The van der Waals surface area contributed by atoms with Gasteiger partial charge in [-0.1, -0.05) is 29.8 Å². The highest BCUT2D eigenvalue weighted by molar-refractivity contribution is 9.10. The molecule has 20 heavy (non-hydrogen) atoms. The summed E-state index contributed by atoms with van der Waals surface area (Å²) in [6.07, 6.45) is 0.875. The lowest BCUT2D eigenvalue weighted by Gasteiger charge is -2.09. The average Bonchev–Trinajstić information content (AvgIpc) is 2.38. The summed E-state index contributed by atoms with van der Waals surface area (Å²) < 4.78 is 14.1. The predicted octanol–water partition coefficient (Wildman–Crippen LogP) is 2.48. The molecule has 2 N–H and O–H groups in total. The van der Waals surface area contributed by atoms with Crippen molar-refractivity contribution in [3.63, 3.8) is 0 Å². The molecule has 0 spiro atoms. The van der Waals surface area contributed by atoms with Gasteiger partial charge in [-0.25, -0.2) is 4.39 Å². The topological polar surface area (TPSA) is 58.2 Å². The zero-order chi connectivity index (χ0) is 15.1. The van der Waals surface area contributed by atoms with E-state index in [4.69, 9.17) is 0 Å². The number of hydrogen-bond donors (Lipinski definition) is 2. The number of halogens is 2. The maximum Gasteiger partial charge on any atom is 0.254 e. The number of amides is 2. The van der Waals surface area contributed by atoms with E-state index >= 15 is 0 Å². The van der Waals surface area contributed by atoms with Crippen molar-refractivity contribution >= 4 is 27.7 Å². The lowest BCUT2D eigenvalue weighted by Crippen LogP contribution is -2.37. The number of nitrogens with one attached hydrogen (secondary N) is 2. The molecule has 0 fully saturated rings. The first-order chi connectivity index (χ1) is 9.40. The maximum atomic E-state index is 13.5. The molecule has 1 aromatic rings. The molecule has 110 valence electrons. The van der Waals surface area contributed by atoms with Crippen molar-refractivity contribution in [1.82, 2.24) is 10.6 Å². The molecule has 0 saturated heterocycles. The molecular formula is C14H18BrFN2O2. The first-order valence-corrected chi connectivity index (χ1v) is 7.19. The van der Waals surface area contributed by atoms with Gasteiger partial charge in [0.25, 0.3) is 5.91 Å². The van der Waals surface area contributed by atoms with Crippen molar-refractivity contribution in [1.29, 1.82) is 0 Å². The van der Waals surface area contributed by atoms with Crippen LogP contribution in [-0.2, 0) is 4.79 Å². The molecule has 0 aliphatic rings. The minimum absolute atomic E-state index is 0.0886. The summed E-state index contributed by atoms with van der Waals surface area (Å²) in [5, 5.41) is 5.08. The van der Waals surface area contributed by atoms with E-state index < -0.39 is 11.7 Å². The second-order valence-corrected chi connectivity index (χ2v) is 5.75. The van der Waals surface area contributed by atoms with E-state index in [0.29, 0.717) is 16.9 Å². The van der Waals surface area contributed by atoms with Crippen LogP contribution in [0.4, 0.5) is 4.39 Å². The van der Waals surface area contributed by atoms with Gasteiger partial charge in [0.1, 0.15) is 5.82 Å². The van der Waals surface area contributed by atoms with Gasteiger partial charge in [0.05, 0.1) is 12.1 Å². The van der Waals surface area contributed by atoms with Gasteiger partial charge in [0.15, 0.2) is 0 Å². The van der Waals surface area contributed by atoms with Crippen LogP contribution >= 0.6 is 15.9 Å². The zero-order valence-corrected chi connectivity index (χ0v) is 13.1. The molecule has 1 aromatic carbocycles. The van der Waals surface area contributed by atoms with Crippen LogP contribution in [0.1, 0.15) is 30.6 Å². The smallest absolute Gasteiger partial charge is 0.254 e. The van der Waals surface area contributed by atoms with Crippen LogP contribution in [0, 0.1) is 11.7 Å². The number of hydrogen-bond acceptors (Lipinski definition) is 2. The quantitative estimate of drug-likeness (QED) is 0.832. The lowest BCUT2D eigenvalue weighted by atomic mass is 10.1. The normalized spacial score (nSPS) is 10.4. The van der Waals surface area contributed by atoms with E-state index in [0.717, 1.165) is 6.42 Å². The Bertz CT molecular complexity index is 492. The minimum Gasteiger partial charge on any atom is -0.355 e. The summed E-state index contributed by atoms with van der Waals surface area (Å²) in [6, 6.07) is 4.08. The largest absolute Gasteiger partial charge is 0.355 e. The van der Waals surface area contributed by atoms with Crippen molar-refractivity contribution in [3.8, 4) is 0 Å². The molecule has 0 bridgehead atoms. The summed E-state index contributed by atoms with van der Waals surface area (Å²) in [7, 11) is 0. The van der Waals surface area contributed by atoms with Gasteiger partial charge in [-0.3, -0.25) is 9.59 Å². The van der Waals surface area contributed by atoms with Crippen LogP contribution in [0.25, 0.3) is 0 Å². The zero-order valence-electron chi connectivity index (χ0n) is 11.5. The highest BCUT2D eigenvalue weighted by atomic mass is 79.9. The van der Waals surface area contributed by atoms with Crippen LogP contribution in [0.15, 0.2) is 22.7 Å². The van der Waals surface area contributed by atoms with Gasteiger partial charge in [-0.15, -0.1) is 0 Å². The molecule has 0 aromatic heterocycles. The summed E-state index contributed by atoms with van der Waals surface area (Å²) in [5.41, 5.74) is -0.0886. The van der Waals surface area contributed by atoms with Crippen LogP contribution in [-0.4, -0.2) is 24.9 Å². The van der Waals surface area contributed by atoms with Crippen LogP contribution in [0.5, 0.6) is 0 Å². The van der Waals surface area contributed by atoms with Gasteiger partial charge in [0.2, 0.25) is 5.91 Å². The van der Waals surface area contributed by atoms with Gasteiger partial charge in [-0.2, -0.15) is 0 Å². The number of rotatable bonds is 6. The SMILES string of the molecule is CC(C)CCNC(=O)CNC(=O)c1cc(Br)ccc1F. The van der Waals surface area contributed by atoms with Crippen LogP contribution in [0.3, 0.4) is 0 Å². The second kappa shape index (κ2) is 7.99. The molecule has 0 atom stereocenters. The molecule has 1 rings (SSSR count). The summed E-state index contributed by atoms with van der Waals surface area (Å²) in [5.74, 6) is -1.01. The van der Waals surface area contributed by atoms with E-state index in [9.17, 15) is 14.0 Å². The van der Waals surface area contributed by atoms with Gasteiger partial charge < -0.3 is 10.6 Å². The maximum absolute atomic E-state index is 13.5. The van der Waals surface area contributed by atoms with Gasteiger partial charge in [0, 0.05) is 11.0 Å². The number of carbonyl (C=O) groups is 2. The highest BCUT2D eigenvalue weighted by Gasteiger charge is 2.13. The first-order valence-electron chi connectivity index (χ1n) is 6.40. The second-order valence-electron chi connectivity index (χ2n) is 4.84. The van der Waals surface area contributed by atoms with E-state index in [1.165, 1.54) is 18.2 Å². The predicted molar refractivity (Wildman–Crippen MR) is 78.9 cm³/mol. The lowest BCUT2D eigenvalue weighted by molar-refractivity contribution is -0.120. The third kappa shape index (κ3) is 5.69. The van der Waals surface area contributed by atoms with E-state index in [2.05, 4.69) is 40.4 Å².